The van der Waals surface area contributed by atoms with Gasteiger partial charge in [0.2, 0.25) is 11.6 Å². The van der Waals surface area contributed by atoms with E-state index in [1.165, 1.54) is 25.3 Å². The Morgan fingerprint density at radius 3 is 2.44 bits per heavy atom. The number of rotatable bonds is 12. The lowest BCUT2D eigenvalue weighted by atomic mass is 9.72. The van der Waals surface area contributed by atoms with Gasteiger partial charge in [0.1, 0.15) is 22.8 Å². The zero-order valence-electron chi connectivity index (χ0n) is 29.2. The maximum Gasteiger partial charge on any atom is 0.306 e. The fourth-order valence-electron chi connectivity index (χ4n) is 7.29. The maximum absolute atomic E-state index is 14.0. The number of hydrogen-bond donors (Lipinski definition) is 5. The summed E-state index contributed by atoms with van der Waals surface area (Å²) in [6.07, 6.45) is -3.71. The van der Waals surface area contributed by atoms with Crippen molar-refractivity contribution in [2.75, 3.05) is 13.7 Å². The summed E-state index contributed by atoms with van der Waals surface area (Å²) in [5.74, 6) is -4.32. The minimum absolute atomic E-state index is 0.0577. The van der Waals surface area contributed by atoms with Crippen LogP contribution in [0.2, 0.25) is 0 Å². The van der Waals surface area contributed by atoms with Crippen LogP contribution < -0.4 is 10.1 Å². The Balaban J connectivity index is 1.38. The zero-order chi connectivity index (χ0) is 37.3. The molecule has 1 aliphatic heterocycles. The number of benzene rings is 3. The van der Waals surface area contributed by atoms with Gasteiger partial charge in [-0.1, -0.05) is 55.8 Å². The number of Topliss-reactive ketones (excluding diaryl/α,β-unsaturated/α-hetero) is 1. The number of phenols is 2. The summed E-state index contributed by atoms with van der Waals surface area (Å²) in [6.45, 7) is 3.22. The molecule has 3 aromatic carbocycles. The van der Waals surface area contributed by atoms with Gasteiger partial charge in [-0.2, -0.15) is 0 Å². The van der Waals surface area contributed by atoms with E-state index in [4.69, 9.17) is 18.9 Å². The third-order valence-corrected chi connectivity index (χ3v) is 10.1. The number of fused-ring (bicyclic) bond motifs is 3. The molecule has 6 atom stereocenters. The average molecular weight is 718 g/mol. The number of ether oxygens (including phenoxy) is 4. The standard InChI is InChI=1S/C39H43NO12/c1-4-5-14-28(42)50-19-27(41)39(48)16-23-31(38(47)33-32(36(23)45)35(44)22-12-9-13-25(49-3)30(22)37(33)46)26(17-39)52-29-15-24(34(43)20(2)51-29)40-18-21-10-7-6-8-11-21/h6-13,20,24,26,29,34,40,43,45,47-48H,4-5,14-19H2,1-3H3/t20?,24?,26?,29?,34?,39-/m0/s1. The predicted octanol–water partition coefficient (Wildman–Crippen LogP) is 3.57. The summed E-state index contributed by atoms with van der Waals surface area (Å²) in [7, 11) is 1.33. The quantitative estimate of drug-likeness (QED) is 0.105. The lowest BCUT2D eigenvalue weighted by Crippen LogP contribution is -2.54. The predicted molar refractivity (Wildman–Crippen MR) is 184 cm³/mol. The van der Waals surface area contributed by atoms with Gasteiger partial charge < -0.3 is 44.7 Å². The molecular weight excluding hydrogens is 674 g/mol. The van der Waals surface area contributed by atoms with Crippen LogP contribution in [0, 0.1) is 0 Å². The Bertz CT molecular complexity index is 1880. The summed E-state index contributed by atoms with van der Waals surface area (Å²) >= 11 is 0. The summed E-state index contributed by atoms with van der Waals surface area (Å²) in [6, 6.07) is 13.4. The van der Waals surface area contributed by atoms with Crippen molar-refractivity contribution in [2.24, 2.45) is 0 Å². The fraction of sp³-hybridized carbons (Fsp3) is 0.436. The average Bonchev–Trinajstić information content (AvgIpc) is 3.14. The van der Waals surface area contributed by atoms with Crippen molar-refractivity contribution >= 4 is 23.3 Å². The minimum Gasteiger partial charge on any atom is -0.507 e. The SMILES string of the molecule is CCCCC(=O)OCC(=O)[C@]1(O)Cc2c(O)c3c(c(O)c2C(OC2CC(NCc4ccccc4)C(O)C(C)O2)C1)C(=O)c1c(OC)cccc1C3=O. The van der Waals surface area contributed by atoms with E-state index < -0.39 is 102 Å². The molecular formula is C39H43NO12. The third kappa shape index (κ3) is 6.94. The number of aromatic hydroxyl groups is 2. The van der Waals surface area contributed by atoms with Gasteiger partial charge in [0.05, 0.1) is 42.1 Å². The molecule has 5 N–H and O–H groups in total. The van der Waals surface area contributed by atoms with Crippen molar-refractivity contribution in [3.05, 3.63) is 87.5 Å². The number of hydrogen-bond acceptors (Lipinski definition) is 13. The Hall–Kier alpha value is -4.66. The van der Waals surface area contributed by atoms with Crippen molar-refractivity contribution in [1.29, 1.82) is 0 Å². The number of methoxy groups -OCH3 is 1. The highest BCUT2D eigenvalue weighted by molar-refractivity contribution is 6.31. The topological polar surface area (TPSA) is 198 Å². The van der Waals surface area contributed by atoms with E-state index in [1.54, 1.807) is 6.92 Å². The minimum atomic E-state index is -2.30. The number of carbonyl (C=O) groups excluding carboxylic acids is 4. The Labute approximate surface area is 300 Å². The molecule has 0 aromatic heterocycles. The molecule has 0 radical (unpaired) electrons. The second-order valence-electron chi connectivity index (χ2n) is 13.6. The van der Waals surface area contributed by atoms with Gasteiger partial charge in [0.15, 0.2) is 18.7 Å². The van der Waals surface area contributed by atoms with Crippen molar-refractivity contribution in [3.8, 4) is 17.2 Å². The van der Waals surface area contributed by atoms with E-state index in [9.17, 15) is 39.6 Å². The largest absolute Gasteiger partial charge is 0.507 e. The molecule has 0 spiro atoms. The second kappa shape index (κ2) is 15.1. The number of carbonyl (C=O) groups is 4. The van der Waals surface area contributed by atoms with E-state index in [-0.39, 0.29) is 40.8 Å². The van der Waals surface area contributed by atoms with Crippen molar-refractivity contribution in [1.82, 2.24) is 5.32 Å². The highest BCUT2D eigenvalue weighted by atomic mass is 16.7. The molecule has 6 rings (SSSR count). The van der Waals surface area contributed by atoms with E-state index in [2.05, 4.69) is 5.32 Å². The number of ketones is 3. The highest BCUT2D eigenvalue weighted by Crippen LogP contribution is 2.52. The van der Waals surface area contributed by atoms with Crippen LogP contribution in [0.25, 0.3) is 0 Å². The van der Waals surface area contributed by atoms with E-state index in [0.29, 0.717) is 13.0 Å². The smallest absolute Gasteiger partial charge is 0.306 e. The number of aliphatic hydroxyl groups excluding tert-OH is 1. The van der Waals surface area contributed by atoms with Crippen LogP contribution >= 0.6 is 0 Å². The van der Waals surface area contributed by atoms with Crippen LogP contribution in [0.15, 0.2) is 48.5 Å². The van der Waals surface area contributed by atoms with Crippen molar-refractivity contribution in [2.45, 2.75) is 95.2 Å². The molecule has 13 heteroatoms. The Morgan fingerprint density at radius 2 is 1.73 bits per heavy atom. The molecule has 1 fully saturated rings. The maximum atomic E-state index is 14.0. The van der Waals surface area contributed by atoms with E-state index >= 15 is 0 Å². The molecule has 0 saturated carbocycles. The molecule has 1 heterocycles. The van der Waals surface area contributed by atoms with Crippen LogP contribution in [-0.2, 0) is 36.8 Å². The van der Waals surface area contributed by atoms with E-state index in [1.807, 2.05) is 37.3 Å². The number of nitrogens with one attached hydrogen (secondary N) is 1. The molecule has 3 aliphatic rings. The van der Waals surface area contributed by atoms with Gasteiger partial charge in [0.25, 0.3) is 0 Å². The van der Waals surface area contributed by atoms with Crippen LogP contribution in [0.5, 0.6) is 17.2 Å². The van der Waals surface area contributed by atoms with Crippen LogP contribution in [0.4, 0.5) is 0 Å². The monoisotopic (exact) mass is 717 g/mol. The number of phenolic OH excluding ortho intramolecular Hbond substituents is 2. The summed E-state index contributed by atoms with van der Waals surface area (Å²) in [4.78, 5) is 53.7. The van der Waals surface area contributed by atoms with Crippen molar-refractivity contribution in [3.63, 3.8) is 0 Å². The van der Waals surface area contributed by atoms with Crippen molar-refractivity contribution < 1.29 is 58.6 Å². The molecule has 2 aliphatic carbocycles. The van der Waals surface area contributed by atoms with E-state index in [0.717, 1.165) is 12.0 Å². The summed E-state index contributed by atoms with van der Waals surface area (Å²) in [5, 5.41) is 49.8. The van der Waals surface area contributed by atoms with Gasteiger partial charge in [-0.15, -0.1) is 0 Å². The van der Waals surface area contributed by atoms with Gasteiger partial charge >= 0.3 is 5.97 Å². The first-order valence-corrected chi connectivity index (χ1v) is 17.4. The lowest BCUT2D eigenvalue weighted by Gasteiger charge is -2.43. The van der Waals surface area contributed by atoms with Gasteiger partial charge in [0, 0.05) is 55.0 Å². The molecule has 3 aromatic rings. The third-order valence-electron chi connectivity index (χ3n) is 10.1. The second-order valence-corrected chi connectivity index (χ2v) is 13.6. The highest BCUT2D eigenvalue weighted by Gasteiger charge is 2.50. The number of esters is 1. The van der Waals surface area contributed by atoms with Gasteiger partial charge in [-0.3, -0.25) is 19.2 Å². The normalized spacial score (nSPS) is 25.1. The van der Waals surface area contributed by atoms with Gasteiger partial charge in [-0.25, -0.2) is 0 Å². The first-order valence-electron chi connectivity index (χ1n) is 17.4. The summed E-state index contributed by atoms with van der Waals surface area (Å²) in [5.41, 5.74) is -2.71. The molecule has 0 amide bonds. The molecule has 13 nitrogen and oxygen atoms in total. The molecule has 52 heavy (non-hydrogen) atoms. The molecule has 276 valence electrons. The number of unbranched alkanes of at least 4 members (excludes halogenated alkanes) is 1. The molecule has 1 saturated heterocycles. The first-order chi connectivity index (χ1) is 24.9. The van der Waals surface area contributed by atoms with Crippen LogP contribution in [-0.4, -0.2) is 87.6 Å². The fourth-order valence-corrected chi connectivity index (χ4v) is 7.29. The first kappa shape index (κ1) is 37.1. The molecule has 0 bridgehead atoms. The molecule has 5 unspecified atom stereocenters. The lowest BCUT2D eigenvalue weighted by molar-refractivity contribution is -0.250. The number of aliphatic hydroxyl groups is 2. The zero-order valence-corrected chi connectivity index (χ0v) is 29.2. The Morgan fingerprint density at radius 1 is 1.00 bits per heavy atom. The Kier molecular flexibility index (Phi) is 10.8. The summed E-state index contributed by atoms with van der Waals surface area (Å²) < 4.78 is 22.9. The van der Waals surface area contributed by atoms with Crippen LogP contribution in [0.3, 0.4) is 0 Å². The van der Waals surface area contributed by atoms with Crippen LogP contribution in [0.1, 0.15) is 101 Å². The van der Waals surface area contributed by atoms with Gasteiger partial charge in [-0.05, 0) is 25.0 Å².